The molecule has 0 aliphatic heterocycles. The summed E-state index contributed by atoms with van der Waals surface area (Å²) >= 11 is 0. The molecule has 0 atom stereocenters. The monoisotopic (exact) mass is 418 g/mol. The van der Waals surface area contributed by atoms with Crippen molar-refractivity contribution in [2.45, 2.75) is 0 Å². The fourth-order valence-electron chi connectivity index (χ4n) is 3.68. The van der Waals surface area contributed by atoms with Crippen molar-refractivity contribution in [2.24, 2.45) is 0 Å². The van der Waals surface area contributed by atoms with Crippen molar-refractivity contribution in [1.29, 1.82) is 0 Å². The Kier molecular flexibility index (Phi) is 4.60. The zero-order valence-corrected chi connectivity index (χ0v) is 16.6. The second kappa shape index (κ2) is 7.59. The lowest BCUT2D eigenvalue weighted by atomic mass is 9.89. The van der Waals surface area contributed by atoms with E-state index in [2.05, 4.69) is 9.97 Å². The van der Waals surface area contributed by atoms with Crippen LogP contribution in [0.2, 0.25) is 0 Å². The Bertz CT molecular complexity index is 1310. The van der Waals surface area contributed by atoms with Crippen LogP contribution < -0.4 is 0 Å². The van der Waals surface area contributed by atoms with E-state index >= 15 is 0 Å². The van der Waals surface area contributed by atoms with Crippen molar-refractivity contribution in [3.63, 3.8) is 0 Å². The number of fused-ring (bicyclic) bond motifs is 3. The molecule has 0 radical (unpaired) electrons. The van der Waals surface area contributed by atoms with E-state index in [0.717, 1.165) is 23.7 Å². The highest BCUT2D eigenvalue weighted by Gasteiger charge is 2.33. The molecule has 2 aromatic carbocycles. The minimum atomic E-state index is -0.618. The van der Waals surface area contributed by atoms with Gasteiger partial charge in [-0.3, -0.25) is 19.2 Å². The number of nitrogens with zero attached hydrogens (tertiary/aromatic N) is 2. The predicted molar refractivity (Wildman–Crippen MR) is 118 cm³/mol. The molecule has 2 aromatic heterocycles. The molecule has 4 aromatic rings. The van der Waals surface area contributed by atoms with Gasteiger partial charge in [-0.15, -0.1) is 0 Å². The Morgan fingerprint density at radius 1 is 0.500 bits per heavy atom. The average Bonchev–Trinajstić information content (AvgIpc) is 2.86. The molecular weight excluding hydrogens is 404 g/mol. The van der Waals surface area contributed by atoms with Crippen LogP contribution >= 0.6 is 0 Å². The number of hydrogen-bond acceptors (Lipinski definition) is 6. The van der Waals surface area contributed by atoms with Gasteiger partial charge in [0.1, 0.15) is 24.0 Å². The van der Waals surface area contributed by atoms with Crippen LogP contribution in [0.1, 0.15) is 41.4 Å². The van der Waals surface area contributed by atoms with E-state index < -0.39 is 11.6 Å². The number of pyridine rings is 2. The fourth-order valence-corrected chi connectivity index (χ4v) is 3.68. The molecule has 2 heterocycles. The molecule has 5 rings (SSSR count). The van der Waals surface area contributed by atoms with Crippen LogP contribution in [0.15, 0.2) is 72.8 Å². The van der Waals surface area contributed by atoms with E-state index in [1.807, 2.05) is 0 Å². The summed E-state index contributed by atoms with van der Waals surface area (Å²) in [5, 5.41) is 0. The molecule has 0 fully saturated rings. The fraction of sp³-hybridized carbons (Fsp3) is 0. The number of Topliss-reactive ketones (excluding diaryl/α,β-unsaturated/α-hetero) is 2. The van der Waals surface area contributed by atoms with E-state index in [1.54, 1.807) is 72.8 Å². The van der Waals surface area contributed by atoms with Gasteiger partial charge in [0.25, 0.3) is 0 Å². The number of rotatable bonds is 4. The molecular formula is C26H14N2O4. The SMILES string of the molecule is O=Cc1ccc(-c2ccc3c(n2)-c2nc(-c4ccc(C=O)cc4)ccc2C(=O)C3=O)cc1. The summed E-state index contributed by atoms with van der Waals surface area (Å²) in [6.07, 6.45) is 1.52. The third-order valence-electron chi connectivity index (χ3n) is 5.40. The Morgan fingerprint density at radius 2 is 0.875 bits per heavy atom. The quantitative estimate of drug-likeness (QED) is 0.358. The zero-order valence-electron chi connectivity index (χ0n) is 16.6. The van der Waals surface area contributed by atoms with Gasteiger partial charge in [0.2, 0.25) is 11.6 Å². The molecule has 6 heteroatoms. The summed E-state index contributed by atoms with van der Waals surface area (Å²) in [6.45, 7) is 0. The highest BCUT2D eigenvalue weighted by atomic mass is 16.2. The first-order valence-corrected chi connectivity index (χ1v) is 9.82. The minimum Gasteiger partial charge on any atom is -0.298 e. The first-order chi connectivity index (χ1) is 15.6. The first kappa shape index (κ1) is 19.4. The topological polar surface area (TPSA) is 94.1 Å². The van der Waals surface area contributed by atoms with Gasteiger partial charge in [0.05, 0.1) is 22.5 Å². The molecule has 152 valence electrons. The van der Waals surface area contributed by atoms with E-state index in [0.29, 0.717) is 33.9 Å². The molecule has 6 nitrogen and oxygen atoms in total. The van der Waals surface area contributed by atoms with Gasteiger partial charge in [0.15, 0.2) is 0 Å². The summed E-state index contributed by atoms with van der Waals surface area (Å²) in [5.74, 6) is -1.24. The van der Waals surface area contributed by atoms with Gasteiger partial charge in [-0.25, -0.2) is 9.97 Å². The lowest BCUT2D eigenvalue weighted by Gasteiger charge is -2.18. The summed E-state index contributed by atoms with van der Waals surface area (Å²) in [4.78, 5) is 56.5. The normalized spacial score (nSPS) is 12.1. The van der Waals surface area contributed by atoms with Crippen LogP contribution in [0, 0.1) is 0 Å². The minimum absolute atomic E-state index is 0.205. The molecule has 32 heavy (non-hydrogen) atoms. The molecule has 1 aliphatic rings. The van der Waals surface area contributed by atoms with Crippen molar-refractivity contribution in [1.82, 2.24) is 9.97 Å². The number of carbonyl (C=O) groups excluding carboxylic acids is 4. The number of aromatic nitrogens is 2. The summed E-state index contributed by atoms with van der Waals surface area (Å²) in [6, 6.07) is 20.3. The number of hydrogen-bond donors (Lipinski definition) is 0. The standard InChI is InChI=1S/C26H14N2O4/c29-13-15-1-5-17(6-2-15)21-11-9-19-23(27-21)24-20(26(32)25(19)31)10-12-22(28-24)18-7-3-16(14-30)4-8-18/h1-14H. The van der Waals surface area contributed by atoms with Gasteiger partial charge in [-0.05, 0) is 24.3 Å². The highest BCUT2D eigenvalue weighted by molar-refractivity contribution is 6.52. The van der Waals surface area contributed by atoms with Crippen molar-refractivity contribution >= 4 is 24.1 Å². The molecule has 0 N–H and O–H groups in total. The van der Waals surface area contributed by atoms with Crippen molar-refractivity contribution in [3.05, 3.63) is 95.1 Å². The smallest absolute Gasteiger partial charge is 0.235 e. The van der Waals surface area contributed by atoms with E-state index in [1.165, 1.54) is 0 Å². The van der Waals surface area contributed by atoms with Crippen LogP contribution in [0.4, 0.5) is 0 Å². The first-order valence-electron chi connectivity index (χ1n) is 9.82. The summed E-state index contributed by atoms with van der Waals surface area (Å²) in [7, 11) is 0. The molecule has 0 bridgehead atoms. The highest BCUT2D eigenvalue weighted by Crippen LogP contribution is 2.34. The van der Waals surface area contributed by atoms with Crippen LogP contribution in [0.3, 0.4) is 0 Å². The van der Waals surface area contributed by atoms with Crippen molar-refractivity contribution in [3.8, 4) is 33.9 Å². The zero-order chi connectivity index (χ0) is 22.2. The Morgan fingerprint density at radius 3 is 1.22 bits per heavy atom. The van der Waals surface area contributed by atoms with Gasteiger partial charge < -0.3 is 0 Å². The van der Waals surface area contributed by atoms with Crippen LogP contribution in [-0.2, 0) is 0 Å². The lowest BCUT2D eigenvalue weighted by Crippen LogP contribution is -2.23. The maximum Gasteiger partial charge on any atom is 0.235 e. The maximum absolute atomic E-state index is 12.6. The molecule has 1 aliphatic carbocycles. The molecule has 0 saturated heterocycles. The third-order valence-corrected chi connectivity index (χ3v) is 5.40. The Hall–Kier alpha value is -4.58. The van der Waals surface area contributed by atoms with Crippen molar-refractivity contribution < 1.29 is 19.2 Å². The van der Waals surface area contributed by atoms with Crippen LogP contribution in [0.5, 0.6) is 0 Å². The summed E-state index contributed by atoms with van der Waals surface area (Å²) < 4.78 is 0. The average molecular weight is 418 g/mol. The largest absolute Gasteiger partial charge is 0.298 e. The van der Waals surface area contributed by atoms with Crippen LogP contribution in [0.25, 0.3) is 33.9 Å². The number of aldehydes is 2. The van der Waals surface area contributed by atoms with Crippen molar-refractivity contribution in [2.75, 3.05) is 0 Å². The lowest BCUT2D eigenvalue weighted by molar-refractivity contribution is 0.0814. The third kappa shape index (κ3) is 3.15. The number of carbonyl (C=O) groups is 4. The second-order valence-electron chi connectivity index (χ2n) is 7.32. The second-order valence-corrected chi connectivity index (χ2v) is 7.32. The molecule has 0 spiro atoms. The predicted octanol–water partition coefficient (Wildman–Crippen LogP) is 4.48. The van der Waals surface area contributed by atoms with E-state index in [9.17, 15) is 19.2 Å². The maximum atomic E-state index is 12.6. The molecule has 0 saturated carbocycles. The molecule has 0 unspecified atom stereocenters. The van der Waals surface area contributed by atoms with Gasteiger partial charge in [0, 0.05) is 22.3 Å². The van der Waals surface area contributed by atoms with Gasteiger partial charge >= 0.3 is 0 Å². The molecule has 0 amide bonds. The van der Waals surface area contributed by atoms with E-state index in [4.69, 9.17) is 0 Å². The van der Waals surface area contributed by atoms with Gasteiger partial charge in [-0.1, -0.05) is 48.5 Å². The number of benzene rings is 2. The van der Waals surface area contributed by atoms with Gasteiger partial charge in [-0.2, -0.15) is 0 Å². The Balaban J connectivity index is 1.66. The van der Waals surface area contributed by atoms with Crippen LogP contribution in [-0.4, -0.2) is 34.1 Å². The summed E-state index contributed by atoms with van der Waals surface area (Å²) in [5.41, 5.74) is 4.91. The number of ketones is 2. The van der Waals surface area contributed by atoms with E-state index in [-0.39, 0.29) is 11.1 Å². The Labute approximate surface area is 182 Å².